The van der Waals surface area contributed by atoms with Gasteiger partial charge >= 0.3 is 12.1 Å². The van der Waals surface area contributed by atoms with E-state index in [1.54, 1.807) is 24.3 Å². The van der Waals surface area contributed by atoms with E-state index in [4.69, 9.17) is 14.6 Å². The van der Waals surface area contributed by atoms with Crippen molar-refractivity contribution in [2.24, 2.45) is 0 Å². The van der Waals surface area contributed by atoms with Gasteiger partial charge in [-0.15, -0.1) is 0 Å². The number of methoxy groups -OCH3 is 1. The molecule has 35 heavy (non-hydrogen) atoms. The second kappa shape index (κ2) is 10.8. The van der Waals surface area contributed by atoms with Crippen molar-refractivity contribution in [2.45, 2.75) is 18.4 Å². The van der Waals surface area contributed by atoms with Gasteiger partial charge in [0.15, 0.2) is 0 Å². The lowest BCUT2D eigenvalue weighted by atomic mass is 9.98. The molecule has 3 aromatic carbocycles. The van der Waals surface area contributed by atoms with Crippen LogP contribution in [0.5, 0.6) is 0 Å². The lowest BCUT2D eigenvalue weighted by Crippen LogP contribution is -2.47. The summed E-state index contributed by atoms with van der Waals surface area (Å²) in [6, 6.07) is 21.5. The van der Waals surface area contributed by atoms with E-state index in [1.165, 1.54) is 7.11 Å². The van der Waals surface area contributed by atoms with Gasteiger partial charge in [-0.05, 0) is 39.9 Å². The van der Waals surface area contributed by atoms with Gasteiger partial charge < -0.3 is 25.2 Å². The van der Waals surface area contributed by atoms with Crippen LogP contribution >= 0.6 is 0 Å². The van der Waals surface area contributed by atoms with Gasteiger partial charge in [-0.3, -0.25) is 9.59 Å². The lowest BCUT2D eigenvalue weighted by Gasteiger charge is -2.19. The molecule has 0 aliphatic heterocycles. The number of fused-ring (bicyclic) bond motifs is 3. The molecule has 3 N–H and O–H groups in total. The molecule has 2 amide bonds. The number of alkyl carbamates (subject to hydrolysis) is 1. The summed E-state index contributed by atoms with van der Waals surface area (Å²) in [5, 5.41) is 14.1. The van der Waals surface area contributed by atoms with Crippen molar-refractivity contribution in [2.75, 3.05) is 25.6 Å². The molecule has 8 heteroatoms. The monoisotopic (exact) mass is 474 g/mol. The second-order valence-corrected chi connectivity index (χ2v) is 8.23. The van der Waals surface area contributed by atoms with Crippen LogP contribution in [0.4, 0.5) is 10.5 Å². The zero-order valence-electron chi connectivity index (χ0n) is 19.2. The van der Waals surface area contributed by atoms with Gasteiger partial charge in [-0.1, -0.05) is 60.7 Å². The summed E-state index contributed by atoms with van der Waals surface area (Å²) < 4.78 is 10.6. The van der Waals surface area contributed by atoms with Crippen LogP contribution in [0.3, 0.4) is 0 Å². The molecule has 4 rings (SSSR count). The number of carboxylic acid groups (broad SMARTS) is 1. The quantitative estimate of drug-likeness (QED) is 0.435. The SMILES string of the molecule is COCC(NC(=O)OCC1c2ccccc2-c2ccccc21)C(=O)Nc1ccc(CC(=O)O)cc1. The average molecular weight is 475 g/mol. The van der Waals surface area contributed by atoms with Crippen LogP contribution < -0.4 is 10.6 Å². The number of rotatable bonds is 9. The van der Waals surface area contributed by atoms with Crippen molar-refractivity contribution in [1.82, 2.24) is 5.32 Å². The number of carbonyl (C=O) groups is 3. The molecule has 0 saturated heterocycles. The summed E-state index contributed by atoms with van der Waals surface area (Å²) in [5.41, 5.74) is 5.53. The van der Waals surface area contributed by atoms with Crippen molar-refractivity contribution in [3.63, 3.8) is 0 Å². The Kier molecular flexibility index (Phi) is 7.42. The first-order valence-corrected chi connectivity index (χ1v) is 11.2. The highest BCUT2D eigenvalue weighted by atomic mass is 16.5. The fourth-order valence-corrected chi connectivity index (χ4v) is 4.24. The summed E-state index contributed by atoms with van der Waals surface area (Å²) in [6.07, 6.45) is -0.829. The van der Waals surface area contributed by atoms with Crippen molar-refractivity contribution in [1.29, 1.82) is 0 Å². The Morgan fingerprint density at radius 1 is 0.914 bits per heavy atom. The molecule has 0 fully saturated rings. The third-order valence-corrected chi connectivity index (χ3v) is 5.86. The van der Waals surface area contributed by atoms with Gasteiger partial charge in [0.2, 0.25) is 5.91 Å². The number of benzene rings is 3. The van der Waals surface area contributed by atoms with Crippen molar-refractivity contribution >= 4 is 23.7 Å². The first-order chi connectivity index (χ1) is 17.0. The summed E-state index contributed by atoms with van der Waals surface area (Å²) in [6.45, 7) is 0.0827. The fraction of sp³-hybridized carbons (Fsp3) is 0.222. The number of ether oxygens (including phenoxy) is 2. The molecular weight excluding hydrogens is 448 g/mol. The molecule has 0 heterocycles. The average Bonchev–Trinajstić information content (AvgIpc) is 3.17. The number of nitrogens with one attached hydrogen (secondary N) is 2. The van der Waals surface area contributed by atoms with E-state index in [9.17, 15) is 14.4 Å². The highest BCUT2D eigenvalue weighted by Gasteiger charge is 2.29. The Balaban J connectivity index is 1.37. The molecule has 0 aromatic heterocycles. The van der Waals surface area contributed by atoms with Gasteiger partial charge in [0.25, 0.3) is 0 Å². The van der Waals surface area contributed by atoms with E-state index in [2.05, 4.69) is 22.8 Å². The van der Waals surface area contributed by atoms with Crippen molar-refractivity contribution in [3.8, 4) is 11.1 Å². The van der Waals surface area contributed by atoms with Gasteiger partial charge in [0.05, 0.1) is 13.0 Å². The van der Waals surface area contributed by atoms with Crippen LogP contribution in [0.1, 0.15) is 22.6 Å². The molecule has 1 unspecified atom stereocenters. The number of carboxylic acids is 1. The second-order valence-electron chi connectivity index (χ2n) is 8.23. The van der Waals surface area contributed by atoms with E-state index in [0.29, 0.717) is 11.3 Å². The number of hydrogen-bond donors (Lipinski definition) is 3. The number of hydrogen-bond acceptors (Lipinski definition) is 5. The van der Waals surface area contributed by atoms with Gasteiger partial charge in [-0.2, -0.15) is 0 Å². The third-order valence-electron chi connectivity index (χ3n) is 5.86. The zero-order chi connectivity index (χ0) is 24.8. The van der Waals surface area contributed by atoms with Gasteiger partial charge in [0.1, 0.15) is 12.6 Å². The minimum Gasteiger partial charge on any atom is -0.481 e. The lowest BCUT2D eigenvalue weighted by molar-refractivity contribution is -0.136. The zero-order valence-corrected chi connectivity index (χ0v) is 19.2. The maximum Gasteiger partial charge on any atom is 0.407 e. The number of carbonyl (C=O) groups excluding carboxylic acids is 2. The van der Waals surface area contributed by atoms with Gasteiger partial charge in [0, 0.05) is 18.7 Å². The summed E-state index contributed by atoms with van der Waals surface area (Å²) >= 11 is 0. The highest BCUT2D eigenvalue weighted by molar-refractivity contribution is 5.96. The van der Waals surface area contributed by atoms with Crippen LogP contribution in [-0.4, -0.2) is 49.4 Å². The normalized spacial score (nSPS) is 12.8. The Morgan fingerprint density at radius 2 is 1.51 bits per heavy atom. The topological polar surface area (TPSA) is 114 Å². The largest absolute Gasteiger partial charge is 0.481 e. The molecule has 180 valence electrons. The van der Waals surface area contributed by atoms with Gasteiger partial charge in [-0.25, -0.2) is 4.79 Å². The minimum absolute atomic E-state index is 0.0485. The third kappa shape index (κ3) is 5.67. The van der Waals surface area contributed by atoms with Crippen LogP contribution in [0.2, 0.25) is 0 Å². The minimum atomic E-state index is -0.977. The van der Waals surface area contributed by atoms with E-state index >= 15 is 0 Å². The Hall–Kier alpha value is -4.17. The summed E-state index contributed by atoms with van der Waals surface area (Å²) in [4.78, 5) is 36.1. The highest BCUT2D eigenvalue weighted by Crippen LogP contribution is 2.44. The number of anilines is 1. The van der Waals surface area contributed by atoms with E-state index in [1.807, 2.05) is 36.4 Å². The Morgan fingerprint density at radius 3 is 2.09 bits per heavy atom. The summed E-state index contributed by atoms with van der Waals surface area (Å²) in [7, 11) is 1.43. The summed E-state index contributed by atoms with van der Waals surface area (Å²) in [5.74, 6) is -1.51. The molecule has 1 aliphatic carbocycles. The van der Waals surface area contributed by atoms with Crippen molar-refractivity contribution < 1.29 is 29.0 Å². The maximum atomic E-state index is 12.7. The molecular formula is C27H26N2O6. The molecule has 0 spiro atoms. The first kappa shape index (κ1) is 24.0. The molecule has 0 radical (unpaired) electrons. The molecule has 8 nitrogen and oxygen atoms in total. The van der Waals surface area contributed by atoms with Crippen molar-refractivity contribution in [3.05, 3.63) is 89.5 Å². The maximum absolute atomic E-state index is 12.7. The predicted octanol–water partition coefficient (Wildman–Crippen LogP) is 3.81. The fourth-order valence-electron chi connectivity index (χ4n) is 4.24. The number of amides is 2. The smallest absolute Gasteiger partial charge is 0.407 e. The van der Waals surface area contributed by atoms with E-state index < -0.39 is 24.0 Å². The van der Waals surface area contributed by atoms with E-state index in [-0.39, 0.29) is 25.6 Å². The Labute approximate surface area is 202 Å². The molecule has 1 aliphatic rings. The van der Waals surface area contributed by atoms with Crippen LogP contribution in [-0.2, 0) is 25.5 Å². The standard InChI is InChI=1S/C27H26N2O6/c1-34-16-24(26(32)28-18-12-10-17(11-13-18)14-25(30)31)29-27(33)35-15-23-21-8-4-2-6-19(21)20-7-3-5-9-22(20)23/h2-13,23-24H,14-16H2,1H3,(H,28,32)(H,29,33)(H,30,31). The van der Waals surface area contributed by atoms with Crippen LogP contribution in [0.15, 0.2) is 72.8 Å². The molecule has 0 saturated carbocycles. The number of aliphatic carboxylic acids is 1. The molecule has 0 bridgehead atoms. The molecule has 1 atom stereocenters. The van der Waals surface area contributed by atoms with Crippen LogP contribution in [0.25, 0.3) is 11.1 Å². The Bertz CT molecular complexity index is 1180. The predicted molar refractivity (Wildman–Crippen MR) is 130 cm³/mol. The van der Waals surface area contributed by atoms with Crippen LogP contribution in [0, 0.1) is 0 Å². The first-order valence-electron chi connectivity index (χ1n) is 11.2. The van der Waals surface area contributed by atoms with E-state index in [0.717, 1.165) is 22.3 Å². The molecule has 3 aromatic rings.